The van der Waals surface area contributed by atoms with E-state index in [4.69, 9.17) is 0 Å². The number of amides is 1. The molecule has 3 heteroatoms. The SMILES string of the molecule is CC(C)CCC(C)N1C(=O)C2(CC2)NC1CC(C)C. The van der Waals surface area contributed by atoms with E-state index in [-0.39, 0.29) is 11.7 Å². The molecule has 2 rings (SSSR count). The first-order valence-electron chi connectivity index (χ1n) is 7.96. The summed E-state index contributed by atoms with van der Waals surface area (Å²) in [5.41, 5.74) is -0.161. The lowest BCUT2D eigenvalue weighted by atomic mass is 10.0. The van der Waals surface area contributed by atoms with Crippen LogP contribution in [0.1, 0.15) is 66.7 Å². The van der Waals surface area contributed by atoms with Crippen molar-refractivity contribution < 1.29 is 4.79 Å². The van der Waals surface area contributed by atoms with Gasteiger partial charge in [0.05, 0.1) is 11.7 Å². The third-order valence-electron chi connectivity index (χ3n) is 4.50. The van der Waals surface area contributed by atoms with Gasteiger partial charge in [0.25, 0.3) is 0 Å². The lowest BCUT2D eigenvalue weighted by molar-refractivity contribution is -0.133. The monoisotopic (exact) mass is 266 g/mol. The van der Waals surface area contributed by atoms with E-state index < -0.39 is 0 Å². The van der Waals surface area contributed by atoms with E-state index in [1.807, 2.05) is 0 Å². The predicted octanol–water partition coefficient (Wildman–Crippen LogP) is 3.15. The highest BCUT2D eigenvalue weighted by Crippen LogP contribution is 2.44. The minimum atomic E-state index is -0.161. The lowest BCUT2D eigenvalue weighted by Crippen LogP contribution is -2.44. The quantitative estimate of drug-likeness (QED) is 0.801. The van der Waals surface area contributed by atoms with Gasteiger partial charge in [0.2, 0.25) is 5.91 Å². The Kier molecular flexibility index (Phi) is 4.24. The third kappa shape index (κ3) is 3.13. The summed E-state index contributed by atoms with van der Waals surface area (Å²) >= 11 is 0. The molecule has 0 aromatic carbocycles. The minimum absolute atomic E-state index is 0.161. The minimum Gasteiger partial charge on any atom is -0.323 e. The van der Waals surface area contributed by atoms with Gasteiger partial charge in [-0.05, 0) is 50.9 Å². The molecule has 0 aromatic rings. The zero-order valence-corrected chi connectivity index (χ0v) is 13.2. The Labute approximate surface area is 118 Å². The summed E-state index contributed by atoms with van der Waals surface area (Å²) in [6.45, 7) is 11.2. The molecule has 2 fully saturated rings. The maximum atomic E-state index is 12.6. The van der Waals surface area contributed by atoms with Crippen LogP contribution in [0.5, 0.6) is 0 Å². The van der Waals surface area contributed by atoms with Gasteiger partial charge >= 0.3 is 0 Å². The maximum Gasteiger partial charge on any atom is 0.244 e. The van der Waals surface area contributed by atoms with Crippen LogP contribution in [0.3, 0.4) is 0 Å². The summed E-state index contributed by atoms with van der Waals surface area (Å²) in [4.78, 5) is 14.8. The summed E-state index contributed by atoms with van der Waals surface area (Å²) in [6, 6.07) is 0.367. The van der Waals surface area contributed by atoms with Crippen molar-refractivity contribution in [2.75, 3.05) is 0 Å². The molecule has 1 spiro atoms. The molecule has 0 bridgehead atoms. The fourth-order valence-electron chi connectivity index (χ4n) is 3.16. The molecular weight excluding hydrogens is 236 g/mol. The summed E-state index contributed by atoms with van der Waals surface area (Å²) in [5, 5.41) is 3.62. The average molecular weight is 266 g/mol. The highest BCUT2D eigenvalue weighted by Gasteiger charge is 2.59. The molecule has 1 aliphatic carbocycles. The normalized spacial score (nSPS) is 26.8. The summed E-state index contributed by atoms with van der Waals surface area (Å²) < 4.78 is 0. The van der Waals surface area contributed by atoms with E-state index >= 15 is 0 Å². The van der Waals surface area contributed by atoms with Crippen molar-refractivity contribution in [2.45, 2.75) is 84.5 Å². The van der Waals surface area contributed by atoms with Crippen molar-refractivity contribution in [3.8, 4) is 0 Å². The number of carbonyl (C=O) groups is 1. The Morgan fingerprint density at radius 1 is 1.16 bits per heavy atom. The van der Waals surface area contributed by atoms with Crippen LogP contribution in [-0.4, -0.2) is 28.6 Å². The molecule has 2 aliphatic rings. The second-order valence-electron chi connectivity index (χ2n) is 7.40. The van der Waals surface area contributed by atoms with Crippen molar-refractivity contribution in [3.63, 3.8) is 0 Å². The van der Waals surface area contributed by atoms with Crippen molar-refractivity contribution in [1.82, 2.24) is 10.2 Å². The van der Waals surface area contributed by atoms with Crippen LogP contribution in [0.15, 0.2) is 0 Å². The van der Waals surface area contributed by atoms with Gasteiger partial charge in [-0.2, -0.15) is 0 Å². The van der Waals surface area contributed by atoms with E-state index in [0.717, 1.165) is 25.7 Å². The highest BCUT2D eigenvalue weighted by molar-refractivity contribution is 5.92. The first kappa shape index (κ1) is 14.8. The zero-order valence-electron chi connectivity index (χ0n) is 13.2. The van der Waals surface area contributed by atoms with Crippen LogP contribution in [0.25, 0.3) is 0 Å². The topological polar surface area (TPSA) is 32.3 Å². The standard InChI is InChI=1S/C16H30N2O/c1-11(2)6-7-13(5)18-14(10-12(3)4)17-16(8-9-16)15(18)19/h11-14,17H,6-10H2,1-5H3. The average Bonchev–Trinajstić information content (AvgIpc) is 3.01. The van der Waals surface area contributed by atoms with Gasteiger partial charge in [-0.3, -0.25) is 10.1 Å². The van der Waals surface area contributed by atoms with Crippen molar-refractivity contribution in [1.29, 1.82) is 0 Å². The number of carbonyl (C=O) groups excluding carboxylic acids is 1. The van der Waals surface area contributed by atoms with E-state index in [1.54, 1.807) is 0 Å². The van der Waals surface area contributed by atoms with E-state index in [0.29, 0.717) is 23.8 Å². The van der Waals surface area contributed by atoms with Gasteiger partial charge in [0.1, 0.15) is 0 Å². The number of nitrogens with zero attached hydrogens (tertiary/aromatic N) is 1. The van der Waals surface area contributed by atoms with E-state index in [1.165, 1.54) is 6.42 Å². The van der Waals surface area contributed by atoms with Gasteiger partial charge in [-0.1, -0.05) is 27.7 Å². The molecule has 1 aliphatic heterocycles. The van der Waals surface area contributed by atoms with Crippen LogP contribution >= 0.6 is 0 Å². The summed E-state index contributed by atoms with van der Waals surface area (Å²) in [5.74, 6) is 1.71. The number of hydrogen-bond acceptors (Lipinski definition) is 2. The van der Waals surface area contributed by atoms with Crippen LogP contribution in [0.4, 0.5) is 0 Å². The third-order valence-corrected chi connectivity index (χ3v) is 4.50. The molecule has 2 atom stereocenters. The van der Waals surface area contributed by atoms with E-state index in [2.05, 4.69) is 44.8 Å². The Hall–Kier alpha value is -0.570. The second kappa shape index (κ2) is 5.43. The van der Waals surface area contributed by atoms with Crippen molar-refractivity contribution in [2.24, 2.45) is 11.8 Å². The molecule has 2 unspecified atom stereocenters. The smallest absolute Gasteiger partial charge is 0.244 e. The highest BCUT2D eigenvalue weighted by atomic mass is 16.2. The number of hydrogen-bond donors (Lipinski definition) is 1. The largest absolute Gasteiger partial charge is 0.323 e. The van der Waals surface area contributed by atoms with Crippen molar-refractivity contribution in [3.05, 3.63) is 0 Å². The Morgan fingerprint density at radius 3 is 2.26 bits per heavy atom. The second-order valence-corrected chi connectivity index (χ2v) is 7.40. The van der Waals surface area contributed by atoms with Crippen LogP contribution in [-0.2, 0) is 4.79 Å². The molecule has 3 nitrogen and oxygen atoms in total. The molecule has 1 saturated heterocycles. The number of nitrogens with one attached hydrogen (secondary N) is 1. The molecular formula is C16H30N2O. The van der Waals surface area contributed by atoms with Crippen LogP contribution in [0.2, 0.25) is 0 Å². The molecule has 1 saturated carbocycles. The summed E-state index contributed by atoms with van der Waals surface area (Å²) in [6.07, 6.45) is 5.72. The molecule has 19 heavy (non-hydrogen) atoms. The Balaban J connectivity index is 2.03. The molecule has 0 aromatic heterocycles. The van der Waals surface area contributed by atoms with Gasteiger partial charge in [0, 0.05) is 6.04 Å². The Bertz CT molecular complexity index is 334. The van der Waals surface area contributed by atoms with Gasteiger partial charge in [-0.15, -0.1) is 0 Å². The molecule has 110 valence electrons. The van der Waals surface area contributed by atoms with Gasteiger partial charge < -0.3 is 4.90 Å². The lowest BCUT2D eigenvalue weighted by Gasteiger charge is -2.31. The van der Waals surface area contributed by atoms with Crippen LogP contribution in [0, 0.1) is 11.8 Å². The molecule has 1 heterocycles. The fourth-order valence-corrected chi connectivity index (χ4v) is 3.16. The van der Waals surface area contributed by atoms with Crippen molar-refractivity contribution >= 4 is 5.91 Å². The molecule has 1 N–H and O–H groups in total. The number of rotatable bonds is 6. The maximum absolute atomic E-state index is 12.6. The first-order chi connectivity index (χ1) is 8.85. The van der Waals surface area contributed by atoms with E-state index in [9.17, 15) is 4.79 Å². The zero-order chi connectivity index (χ0) is 14.2. The van der Waals surface area contributed by atoms with Gasteiger partial charge in [0.15, 0.2) is 0 Å². The van der Waals surface area contributed by atoms with Crippen LogP contribution < -0.4 is 5.32 Å². The van der Waals surface area contributed by atoms with Gasteiger partial charge in [-0.25, -0.2) is 0 Å². The fraction of sp³-hybridized carbons (Fsp3) is 0.938. The Morgan fingerprint density at radius 2 is 1.79 bits per heavy atom. The molecule has 1 amide bonds. The summed E-state index contributed by atoms with van der Waals surface area (Å²) in [7, 11) is 0. The molecule has 0 radical (unpaired) electrons. The first-order valence-corrected chi connectivity index (χ1v) is 7.96. The predicted molar refractivity (Wildman–Crippen MR) is 78.7 cm³/mol.